The molecule has 7 nitrogen and oxygen atoms in total. The third-order valence-electron chi connectivity index (χ3n) is 8.11. The second kappa shape index (κ2) is 6.69. The normalized spacial score (nSPS) is 34.9. The molecule has 0 radical (unpaired) electrons. The molecule has 5 rings (SSSR count). The lowest BCUT2D eigenvalue weighted by Crippen LogP contribution is -2.69. The lowest BCUT2D eigenvalue weighted by Gasteiger charge is -2.59. The number of aliphatic hydroxyl groups is 1. The number of amides is 1. The third-order valence-corrected chi connectivity index (χ3v) is 8.11. The first-order valence-electron chi connectivity index (χ1n) is 11.0. The summed E-state index contributed by atoms with van der Waals surface area (Å²) >= 11 is 0. The number of hydrogen-bond donors (Lipinski definition) is 3. The smallest absolute Gasteiger partial charge is 0.323 e. The number of benzene rings is 1. The highest BCUT2D eigenvalue weighted by Gasteiger charge is 2.68. The van der Waals surface area contributed by atoms with Crippen molar-refractivity contribution in [3.8, 4) is 5.75 Å². The molecule has 1 aliphatic heterocycles. The zero-order chi connectivity index (χ0) is 21.3. The molecule has 162 valence electrons. The van der Waals surface area contributed by atoms with Crippen LogP contribution in [0.2, 0.25) is 0 Å². The van der Waals surface area contributed by atoms with Crippen molar-refractivity contribution in [3.63, 3.8) is 0 Å². The Morgan fingerprint density at radius 1 is 1.27 bits per heavy atom. The van der Waals surface area contributed by atoms with E-state index in [9.17, 15) is 19.8 Å². The fourth-order valence-electron chi connectivity index (χ4n) is 6.60. The minimum atomic E-state index is -1.05. The molecule has 0 aromatic heterocycles. The molecule has 0 unspecified atom stereocenters. The maximum Gasteiger partial charge on any atom is 0.323 e. The molecule has 7 heteroatoms. The molecule has 0 spiro atoms. The molecule has 1 heterocycles. The minimum absolute atomic E-state index is 0.0496. The van der Waals surface area contributed by atoms with Gasteiger partial charge in [0.2, 0.25) is 5.91 Å². The van der Waals surface area contributed by atoms with Gasteiger partial charge in [-0.1, -0.05) is 6.07 Å². The number of likely N-dealkylation sites (tertiary alicyclic amines) is 1. The lowest BCUT2D eigenvalue weighted by molar-refractivity contribution is -0.146. The van der Waals surface area contributed by atoms with Gasteiger partial charge < -0.3 is 20.2 Å². The Balaban J connectivity index is 1.54. The number of aromatic hydroxyl groups is 1. The van der Waals surface area contributed by atoms with E-state index in [-0.39, 0.29) is 24.2 Å². The average molecular weight is 415 g/mol. The summed E-state index contributed by atoms with van der Waals surface area (Å²) in [6.07, 6.45) is 4.80. The summed E-state index contributed by atoms with van der Waals surface area (Å²) in [4.78, 5) is 27.9. The average Bonchev–Trinajstić information content (AvgIpc) is 3.43. The van der Waals surface area contributed by atoms with Crippen molar-refractivity contribution in [2.75, 3.05) is 26.7 Å². The van der Waals surface area contributed by atoms with Gasteiger partial charge >= 0.3 is 5.97 Å². The van der Waals surface area contributed by atoms with E-state index in [0.717, 1.165) is 30.6 Å². The van der Waals surface area contributed by atoms with Gasteiger partial charge in [0.1, 0.15) is 12.3 Å². The van der Waals surface area contributed by atoms with Crippen LogP contribution in [0.15, 0.2) is 18.2 Å². The van der Waals surface area contributed by atoms with Crippen LogP contribution >= 0.6 is 0 Å². The van der Waals surface area contributed by atoms with Gasteiger partial charge in [-0.15, -0.1) is 0 Å². The van der Waals surface area contributed by atoms with Crippen molar-refractivity contribution in [2.24, 2.45) is 11.8 Å². The van der Waals surface area contributed by atoms with Crippen molar-refractivity contribution in [2.45, 2.75) is 55.6 Å². The van der Waals surface area contributed by atoms with E-state index in [1.54, 1.807) is 12.1 Å². The Morgan fingerprint density at radius 2 is 2.03 bits per heavy atom. The van der Waals surface area contributed by atoms with Gasteiger partial charge in [-0.2, -0.15) is 0 Å². The number of carbonyl (C=O) groups excluding carboxylic acids is 1. The van der Waals surface area contributed by atoms with E-state index in [4.69, 9.17) is 5.11 Å². The second-order valence-electron chi connectivity index (χ2n) is 9.95. The van der Waals surface area contributed by atoms with Gasteiger partial charge in [-0.25, -0.2) is 0 Å². The maximum atomic E-state index is 13.1. The van der Waals surface area contributed by atoms with Crippen molar-refractivity contribution in [1.29, 1.82) is 0 Å². The van der Waals surface area contributed by atoms with E-state index >= 15 is 0 Å². The van der Waals surface area contributed by atoms with Crippen LogP contribution in [0.5, 0.6) is 5.75 Å². The van der Waals surface area contributed by atoms with Crippen molar-refractivity contribution in [3.05, 3.63) is 29.3 Å². The van der Waals surface area contributed by atoms with Crippen LogP contribution in [0.1, 0.15) is 43.2 Å². The largest absolute Gasteiger partial charge is 0.508 e. The number of carboxylic acids is 1. The summed E-state index contributed by atoms with van der Waals surface area (Å²) in [6, 6.07) is 5.40. The topological polar surface area (TPSA) is 101 Å². The number of phenols is 1. The number of carbonyl (C=O) groups is 2. The number of likely N-dealkylation sites (N-methyl/N-ethyl adjacent to an activating group) is 1. The molecule has 1 aromatic rings. The van der Waals surface area contributed by atoms with Gasteiger partial charge in [-0.05, 0) is 74.2 Å². The van der Waals surface area contributed by atoms with Gasteiger partial charge in [0, 0.05) is 31.0 Å². The quantitative estimate of drug-likeness (QED) is 0.673. The highest BCUT2D eigenvalue weighted by Crippen LogP contribution is 2.62. The van der Waals surface area contributed by atoms with Gasteiger partial charge in [0.05, 0.1) is 5.60 Å². The molecule has 3 aliphatic carbocycles. The standard InChI is InChI=1S/C23H30N2O5/c1-24(13-20(27)28)21(29)16-10-22-6-7-25(12-14-2-3-14)19(23(22,30)11-16)8-15-4-5-17(26)9-18(15)22/h4-5,9,14,16,19,26,30H,2-3,6-8,10-13H2,1H3,(H,27,28)/t16-,19-,22-,23-/m0/s1. The summed E-state index contributed by atoms with van der Waals surface area (Å²) in [5.41, 5.74) is 0.498. The van der Waals surface area contributed by atoms with Crippen LogP contribution in [0, 0.1) is 11.8 Å². The fourth-order valence-corrected chi connectivity index (χ4v) is 6.60. The molecule has 4 aliphatic rings. The monoisotopic (exact) mass is 414 g/mol. The van der Waals surface area contributed by atoms with Crippen LogP contribution in [-0.4, -0.2) is 75.3 Å². The predicted molar refractivity (Wildman–Crippen MR) is 109 cm³/mol. The summed E-state index contributed by atoms with van der Waals surface area (Å²) in [6.45, 7) is 1.54. The minimum Gasteiger partial charge on any atom is -0.508 e. The number of phenolic OH excluding ortho intramolecular Hbond substituents is 1. The van der Waals surface area contributed by atoms with Crippen molar-refractivity contribution in [1.82, 2.24) is 9.80 Å². The molecule has 1 saturated heterocycles. The molecule has 4 atom stereocenters. The van der Waals surface area contributed by atoms with E-state index in [1.807, 2.05) is 6.07 Å². The zero-order valence-electron chi connectivity index (χ0n) is 17.4. The Morgan fingerprint density at radius 3 is 2.73 bits per heavy atom. The lowest BCUT2D eigenvalue weighted by atomic mass is 9.56. The van der Waals surface area contributed by atoms with E-state index < -0.39 is 22.9 Å². The predicted octanol–water partition coefficient (Wildman–Crippen LogP) is 1.35. The summed E-state index contributed by atoms with van der Waals surface area (Å²) in [5, 5.41) is 31.5. The highest BCUT2D eigenvalue weighted by atomic mass is 16.4. The van der Waals surface area contributed by atoms with E-state index in [1.165, 1.54) is 24.8 Å². The van der Waals surface area contributed by atoms with Crippen molar-refractivity contribution >= 4 is 11.9 Å². The fraction of sp³-hybridized carbons (Fsp3) is 0.652. The molecular formula is C23H30N2O5. The molecular weight excluding hydrogens is 384 g/mol. The van der Waals surface area contributed by atoms with Crippen LogP contribution in [0.3, 0.4) is 0 Å². The summed E-state index contributed by atoms with van der Waals surface area (Å²) < 4.78 is 0. The summed E-state index contributed by atoms with van der Waals surface area (Å²) in [7, 11) is 1.52. The number of rotatable bonds is 5. The zero-order valence-corrected chi connectivity index (χ0v) is 17.4. The SMILES string of the molecule is CN(CC(=O)O)C(=O)[C@H]1C[C@@]23CCN(CC4CC4)[C@@H](Cc4ccc(O)cc42)[C@@]3(O)C1. The molecule has 2 bridgehead atoms. The number of fused-ring (bicyclic) bond motifs is 1. The molecule has 30 heavy (non-hydrogen) atoms. The molecule has 2 saturated carbocycles. The number of carboxylic acid groups (broad SMARTS) is 1. The van der Waals surface area contributed by atoms with Crippen LogP contribution in [0.25, 0.3) is 0 Å². The second-order valence-corrected chi connectivity index (χ2v) is 9.95. The number of aliphatic carboxylic acids is 1. The van der Waals surface area contributed by atoms with E-state index in [2.05, 4.69) is 4.90 Å². The Labute approximate surface area is 176 Å². The van der Waals surface area contributed by atoms with Crippen LogP contribution < -0.4 is 0 Å². The molecule has 1 aromatic carbocycles. The van der Waals surface area contributed by atoms with Gasteiger partial charge in [0.25, 0.3) is 0 Å². The van der Waals surface area contributed by atoms with Crippen LogP contribution in [0.4, 0.5) is 0 Å². The van der Waals surface area contributed by atoms with Crippen molar-refractivity contribution < 1.29 is 24.9 Å². The maximum absolute atomic E-state index is 13.1. The molecule has 3 fully saturated rings. The Kier molecular flexibility index (Phi) is 4.42. The number of piperidine rings is 1. The first-order chi connectivity index (χ1) is 14.2. The third kappa shape index (κ3) is 2.86. The van der Waals surface area contributed by atoms with Crippen LogP contribution in [-0.2, 0) is 21.4 Å². The first-order valence-corrected chi connectivity index (χ1v) is 11.0. The Bertz CT molecular complexity index is 900. The Hall–Kier alpha value is -2.12. The first kappa shape index (κ1) is 19.8. The van der Waals surface area contributed by atoms with E-state index in [0.29, 0.717) is 25.2 Å². The highest BCUT2D eigenvalue weighted by molar-refractivity contribution is 5.83. The molecule has 1 amide bonds. The summed E-state index contributed by atoms with van der Waals surface area (Å²) in [5.74, 6) is -0.778. The number of nitrogens with zero attached hydrogens (tertiary/aromatic N) is 2. The number of hydrogen-bond acceptors (Lipinski definition) is 5. The molecule has 3 N–H and O–H groups in total. The van der Waals surface area contributed by atoms with Gasteiger partial charge in [-0.3, -0.25) is 14.5 Å². The van der Waals surface area contributed by atoms with Gasteiger partial charge in [0.15, 0.2) is 0 Å².